The summed E-state index contributed by atoms with van der Waals surface area (Å²) in [6, 6.07) is 6.88. The third-order valence-corrected chi connectivity index (χ3v) is 3.30. The summed E-state index contributed by atoms with van der Waals surface area (Å²) in [7, 11) is 2.75. The molecule has 1 rings (SSSR count). The van der Waals surface area contributed by atoms with Crippen LogP contribution < -0.4 is 4.90 Å². The van der Waals surface area contributed by atoms with E-state index in [2.05, 4.69) is 13.8 Å². The molecule has 0 aliphatic rings. The van der Waals surface area contributed by atoms with Gasteiger partial charge in [0.2, 0.25) is 0 Å². The number of amides is 1. The van der Waals surface area contributed by atoms with Crippen LogP contribution in [0.2, 0.25) is 0 Å². The van der Waals surface area contributed by atoms with Gasteiger partial charge in [0.25, 0.3) is 5.91 Å². The van der Waals surface area contributed by atoms with Gasteiger partial charge in [-0.05, 0) is 30.5 Å². The Kier molecular flexibility index (Phi) is 6.37. The van der Waals surface area contributed by atoms with E-state index in [-0.39, 0.29) is 12.5 Å². The zero-order valence-electron chi connectivity index (χ0n) is 13.3. The zero-order valence-corrected chi connectivity index (χ0v) is 13.3. The van der Waals surface area contributed by atoms with Gasteiger partial charge < -0.3 is 9.47 Å². The number of nitrogens with zero attached hydrogens (tertiary/aromatic N) is 1. The van der Waals surface area contributed by atoms with E-state index in [1.165, 1.54) is 24.7 Å². The molecule has 1 aromatic carbocycles. The van der Waals surface area contributed by atoms with E-state index in [0.717, 1.165) is 0 Å². The first kappa shape index (κ1) is 17.2. The van der Waals surface area contributed by atoms with E-state index in [4.69, 9.17) is 9.47 Å². The van der Waals surface area contributed by atoms with Crippen molar-refractivity contribution in [3.63, 3.8) is 0 Å². The second kappa shape index (κ2) is 7.78. The Bertz CT molecular complexity index is 482. The van der Waals surface area contributed by atoms with Gasteiger partial charge in [0.15, 0.2) is 0 Å². The molecule has 0 aromatic heterocycles. The lowest BCUT2D eigenvalue weighted by Gasteiger charge is -2.27. The molecule has 0 spiro atoms. The van der Waals surface area contributed by atoms with Gasteiger partial charge in [0.1, 0.15) is 12.6 Å². The van der Waals surface area contributed by atoms with Gasteiger partial charge >= 0.3 is 5.97 Å². The highest BCUT2D eigenvalue weighted by atomic mass is 16.5. The average molecular weight is 293 g/mol. The summed E-state index contributed by atoms with van der Waals surface area (Å²) in [6.45, 7) is 5.74. The SMILES string of the molecule is COCC(=O)N(c1ccc(C(C)C)cc1)C(C)C(=O)OC. The van der Waals surface area contributed by atoms with Gasteiger partial charge in [-0.25, -0.2) is 4.79 Å². The molecule has 0 radical (unpaired) electrons. The molecule has 0 heterocycles. The number of hydrogen-bond donors (Lipinski definition) is 0. The third kappa shape index (κ3) is 4.29. The Morgan fingerprint density at radius 2 is 1.67 bits per heavy atom. The molecular formula is C16H23NO4. The number of carbonyl (C=O) groups is 2. The van der Waals surface area contributed by atoms with Crippen molar-refractivity contribution in [2.75, 3.05) is 25.7 Å². The molecule has 1 aromatic rings. The molecule has 1 unspecified atom stereocenters. The molecule has 0 aliphatic carbocycles. The van der Waals surface area contributed by atoms with Crippen molar-refractivity contribution in [3.05, 3.63) is 29.8 Å². The minimum atomic E-state index is -0.706. The number of carbonyl (C=O) groups excluding carboxylic acids is 2. The zero-order chi connectivity index (χ0) is 16.0. The summed E-state index contributed by atoms with van der Waals surface area (Å²) >= 11 is 0. The highest BCUT2D eigenvalue weighted by molar-refractivity contribution is 6.00. The van der Waals surface area contributed by atoms with Gasteiger partial charge in [-0.15, -0.1) is 0 Å². The maximum atomic E-state index is 12.2. The summed E-state index contributed by atoms with van der Waals surface area (Å²) in [4.78, 5) is 25.4. The fourth-order valence-electron chi connectivity index (χ4n) is 2.07. The van der Waals surface area contributed by atoms with E-state index in [9.17, 15) is 9.59 Å². The Labute approximate surface area is 125 Å². The monoisotopic (exact) mass is 293 g/mol. The minimum Gasteiger partial charge on any atom is -0.467 e. The quantitative estimate of drug-likeness (QED) is 0.756. The van der Waals surface area contributed by atoms with Crippen molar-refractivity contribution in [1.82, 2.24) is 0 Å². The smallest absolute Gasteiger partial charge is 0.328 e. The first-order valence-corrected chi connectivity index (χ1v) is 6.91. The lowest BCUT2D eigenvalue weighted by molar-refractivity contribution is -0.143. The van der Waals surface area contributed by atoms with Crippen LogP contribution in [0.5, 0.6) is 0 Å². The fourth-order valence-corrected chi connectivity index (χ4v) is 2.07. The minimum absolute atomic E-state index is 0.0900. The van der Waals surface area contributed by atoms with Crippen molar-refractivity contribution < 1.29 is 19.1 Å². The number of hydrogen-bond acceptors (Lipinski definition) is 4. The van der Waals surface area contributed by atoms with Gasteiger partial charge in [0, 0.05) is 12.8 Å². The van der Waals surface area contributed by atoms with Crippen LogP contribution in [0.1, 0.15) is 32.3 Å². The van der Waals surface area contributed by atoms with Gasteiger partial charge in [-0.2, -0.15) is 0 Å². The third-order valence-electron chi connectivity index (χ3n) is 3.30. The molecule has 5 nitrogen and oxygen atoms in total. The molecule has 0 aliphatic heterocycles. The predicted molar refractivity (Wildman–Crippen MR) is 81.4 cm³/mol. The van der Waals surface area contributed by atoms with Crippen molar-refractivity contribution in [1.29, 1.82) is 0 Å². The van der Waals surface area contributed by atoms with Crippen molar-refractivity contribution in [2.45, 2.75) is 32.7 Å². The Morgan fingerprint density at radius 3 is 2.10 bits per heavy atom. The van der Waals surface area contributed by atoms with Crippen LogP contribution >= 0.6 is 0 Å². The predicted octanol–water partition coefficient (Wildman–Crippen LogP) is 2.35. The molecule has 116 valence electrons. The van der Waals surface area contributed by atoms with E-state index < -0.39 is 12.0 Å². The number of anilines is 1. The van der Waals surface area contributed by atoms with Crippen LogP contribution in [0.15, 0.2) is 24.3 Å². The summed E-state index contributed by atoms with van der Waals surface area (Å²) in [5.41, 5.74) is 1.82. The molecule has 0 fully saturated rings. The summed E-state index contributed by atoms with van der Waals surface area (Å²) in [5, 5.41) is 0. The van der Waals surface area contributed by atoms with Crippen LogP contribution in [-0.2, 0) is 19.1 Å². The van der Waals surface area contributed by atoms with E-state index in [0.29, 0.717) is 11.6 Å². The molecule has 21 heavy (non-hydrogen) atoms. The fraction of sp³-hybridized carbons (Fsp3) is 0.500. The highest BCUT2D eigenvalue weighted by Crippen LogP contribution is 2.22. The van der Waals surface area contributed by atoms with Crippen molar-refractivity contribution in [2.24, 2.45) is 0 Å². The maximum Gasteiger partial charge on any atom is 0.328 e. The summed E-state index contributed by atoms with van der Waals surface area (Å²) in [5.74, 6) is -0.347. The number of esters is 1. The number of benzene rings is 1. The van der Waals surface area contributed by atoms with Crippen molar-refractivity contribution in [3.8, 4) is 0 Å². The van der Waals surface area contributed by atoms with Crippen LogP contribution in [0.3, 0.4) is 0 Å². The van der Waals surface area contributed by atoms with Gasteiger partial charge in [-0.1, -0.05) is 26.0 Å². The molecule has 0 bridgehead atoms. The average Bonchev–Trinajstić information content (AvgIpc) is 2.47. The molecule has 5 heteroatoms. The molecule has 1 atom stereocenters. The van der Waals surface area contributed by atoms with Crippen LogP contribution in [0.25, 0.3) is 0 Å². The lowest BCUT2D eigenvalue weighted by atomic mass is 10.0. The second-order valence-corrected chi connectivity index (χ2v) is 5.14. The number of methoxy groups -OCH3 is 2. The number of ether oxygens (including phenoxy) is 2. The summed E-state index contributed by atoms with van der Waals surface area (Å²) in [6.07, 6.45) is 0. The largest absolute Gasteiger partial charge is 0.467 e. The first-order chi connectivity index (χ1) is 9.92. The van der Waals surface area contributed by atoms with E-state index in [1.54, 1.807) is 6.92 Å². The highest BCUT2D eigenvalue weighted by Gasteiger charge is 2.27. The second-order valence-electron chi connectivity index (χ2n) is 5.14. The normalized spacial score (nSPS) is 12.1. The Morgan fingerprint density at radius 1 is 1.10 bits per heavy atom. The summed E-state index contributed by atoms with van der Waals surface area (Å²) < 4.78 is 9.62. The lowest BCUT2D eigenvalue weighted by Crippen LogP contribution is -2.45. The van der Waals surface area contributed by atoms with Gasteiger partial charge in [-0.3, -0.25) is 9.69 Å². The van der Waals surface area contributed by atoms with Crippen LogP contribution in [-0.4, -0.2) is 38.7 Å². The van der Waals surface area contributed by atoms with Crippen LogP contribution in [0, 0.1) is 0 Å². The molecule has 0 N–H and O–H groups in total. The molecule has 0 saturated carbocycles. The van der Waals surface area contributed by atoms with Gasteiger partial charge in [0.05, 0.1) is 7.11 Å². The molecule has 1 amide bonds. The molecular weight excluding hydrogens is 270 g/mol. The topological polar surface area (TPSA) is 55.8 Å². The Hall–Kier alpha value is -1.88. The number of rotatable bonds is 6. The van der Waals surface area contributed by atoms with E-state index in [1.807, 2.05) is 24.3 Å². The standard InChI is InChI=1S/C16H23NO4/c1-11(2)13-6-8-14(9-7-13)17(15(18)10-20-4)12(3)16(19)21-5/h6-9,11-12H,10H2,1-5H3. The van der Waals surface area contributed by atoms with Crippen molar-refractivity contribution >= 4 is 17.6 Å². The Balaban J connectivity index is 3.11. The van der Waals surface area contributed by atoms with E-state index >= 15 is 0 Å². The van der Waals surface area contributed by atoms with Crippen LogP contribution in [0.4, 0.5) is 5.69 Å². The first-order valence-electron chi connectivity index (χ1n) is 6.91. The molecule has 0 saturated heterocycles. The maximum absolute atomic E-state index is 12.2.